The Morgan fingerprint density at radius 2 is 0.596 bits per heavy atom. The molecule has 0 atom stereocenters. The Bertz CT molecular complexity index is 1010. The summed E-state index contributed by atoms with van der Waals surface area (Å²) in [6.07, 6.45) is 53.0. The molecular formula is C52H100NO3S+. The van der Waals surface area contributed by atoms with E-state index in [1.165, 1.54) is 250 Å². The first-order valence-electron chi connectivity index (χ1n) is 25.8. The van der Waals surface area contributed by atoms with E-state index in [1.54, 1.807) is 12.1 Å². The van der Waals surface area contributed by atoms with Crippen LogP contribution in [0.4, 0.5) is 0 Å². The first kappa shape index (κ1) is 54.1. The summed E-state index contributed by atoms with van der Waals surface area (Å²) in [5, 5.41) is 0. The number of unbranched alkanes of at least 4 members (excludes halogenated alkanes) is 36. The molecule has 0 saturated heterocycles. The molecule has 0 aliphatic carbocycles. The van der Waals surface area contributed by atoms with E-state index in [4.69, 9.17) is 0 Å². The van der Waals surface area contributed by atoms with E-state index >= 15 is 0 Å². The second kappa shape index (κ2) is 39.2. The fraction of sp³-hybridized carbons (Fsp3) is 0.885. The van der Waals surface area contributed by atoms with Crippen LogP contribution >= 0.6 is 0 Å². The first-order valence-corrected chi connectivity index (χ1v) is 27.2. The SMILES string of the molecule is CCCCCCCCCCCCCCC[N+](CCCCCCCCCCCCCCC)(CCCCCCCCCCCCCCC)Cc1ccccc1S(=O)(=O)O. The molecule has 0 spiro atoms. The smallest absolute Gasteiger partial charge is 0.295 e. The fourth-order valence-electron chi connectivity index (χ4n) is 9.21. The van der Waals surface area contributed by atoms with Gasteiger partial charge in [-0.25, -0.2) is 0 Å². The second-order valence-corrected chi connectivity index (χ2v) is 19.9. The highest BCUT2D eigenvalue weighted by molar-refractivity contribution is 7.85. The molecule has 0 amide bonds. The van der Waals surface area contributed by atoms with Gasteiger partial charge in [0.1, 0.15) is 11.4 Å². The topological polar surface area (TPSA) is 54.4 Å². The van der Waals surface area contributed by atoms with Crippen LogP contribution in [0.2, 0.25) is 0 Å². The van der Waals surface area contributed by atoms with Gasteiger partial charge in [0.2, 0.25) is 0 Å². The van der Waals surface area contributed by atoms with Gasteiger partial charge >= 0.3 is 0 Å². The zero-order chi connectivity index (χ0) is 41.4. The van der Waals surface area contributed by atoms with Crippen molar-refractivity contribution in [2.24, 2.45) is 0 Å². The van der Waals surface area contributed by atoms with E-state index in [0.29, 0.717) is 6.54 Å². The second-order valence-electron chi connectivity index (χ2n) is 18.5. The number of quaternary nitrogens is 1. The third-order valence-electron chi connectivity index (χ3n) is 13.0. The molecule has 0 aliphatic rings. The van der Waals surface area contributed by atoms with Gasteiger partial charge in [-0.15, -0.1) is 0 Å². The first-order chi connectivity index (χ1) is 27.9. The van der Waals surface area contributed by atoms with Crippen molar-refractivity contribution >= 4 is 10.1 Å². The van der Waals surface area contributed by atoms with Gasteiger partial charge in [0.15, 0.2) is 0 Å². The Balaban J connectivity index is 2.75. The minimum atomic E-state index is -4.26. The molecule has 0 heterocycles. The van der Waals surface area contributed by atoms with Crippen LogP contribution in [-0.2, 0) is 16.7 Å². The molecule has 1 aromatic rings. The molecule has 0 unspecified atom stereocenters. The lowest BCUT2D eigenvalue weighted by atomic mass is 10.0. The van der Waals surface area contributed by atoms with Crippen LogP contribution in [0.1, 0.15) is 277 Å². The van der Waals surface area contributed by atoms with Crippen LogP contribution in [0.3, 0.4) is 0 Å². The molecule has 0 fully saturated rings. The molecule has 1 rings (SSSR count). The lowest BCUT2D eigenvalue weighted by Gasteiger charge is -2.40. The van der Waals surface area contributed by atoms with E-state index in [1.807, 2.05) is 12.1 Å². The molecule has 1 aromatic carbocycles. The van der Waals surface area contributed by atoms with Gasteiger partial charge in [0.05, 0.1) is 19.6 Å². The van der Waals surface area contributed by atoms with Gasteiger partial charge in [-0.1, -0.05) is 251 Å². The van der Waals surface area contributed by atoms with Crippen molar-refractivity contribution in [3.8, 4) is 0 Å². The van der Waals surface area contributed by atoms with E-state index in [-0.39, 0.29) is 4.90 Å². The van der Waals surface area contributed by atoms with Crippen molar-refractivity contribution in [2.75, 3.05) is 19.6 Å². The third kappa shape index (κ3) is 32.5. The molecule has 0 aromatic heterocycles. The van der Waals surface area contributed by atoms with E-state index in [2.05, 4.69) is 20.8 Å². The van der Waals surface area contributed by atoms with Gasteiger partial charge in [-0.2, -0.15) is 8.42 Å². The highest BCUT2D eigenvalue weighted by Crippen LogP contribution is 2.26. The Labute approximate surface area is 358 Å². The average Bonchev–Trinajstić information content (AvgIpc) is 3.20. The molecule has 0 bridgehead atoms. The third-order valence-corrected chi connectivity index (χ3v) is 13.9. The molecule has 0 saturated carbocycles. The summed E-state index contributed by atoms with van der Waals surface area (Å²) in [7, 11) is -4.26. The van der Waals surface area contributed by atoms with Crippen LogP contribution in [0.15, 0.2) is 29.2 Å². The zero-order valence-corrected chi connectivity index (χ0v) is 39.7. The molecular weight excluding hydrogens is 719 g/mol. The number of rotatable bonds is 45. The van der Waals surface area contributed by atoms with Crippen LogP contribution < -0.4 is 0 Å². The zero-order valence-electron chi connectivity index (χ0n) is 38.8. The summed E-state index contributed by atoms with van der Waals surface area (Å²) >= 11 is 0. The van der Waals surface area contributed by atoms with E-state index in [0.717, 1.165) is 29.7 Å². The van der Waals surface area contributed by atoms with Crippen LogP contribution in [0.5, 0.6) is 0 Å². The number of hydrogen-bond donors (Lipinski definition) is 1. The molecule has 4 nitrogen and oxygen atoms in total. The number of benzene rings is 1. The maximum absolute atomic E-state index is 12.5. The maximum atomic E-state index is 12.5. The minimum absolute atomic E-state index is 0.119. The molecule has 336 valence electrons. The van der Waals surface area contributed by atoms with Crippen molar-refractivity contribution in [3.05, 3.63) is 29.8 Å². The molecule has 1 N–H and O–H groups in total. The predicted molar refractivity (Wildman–Crippen MR) is 252 cm³/mol. The summed E-state index contributed by atoms with van der Waals surface area (Å²) in [5.74, 6) is 0. The normalized spacial score (nSPS) is 12.2. The maximum Gasteiger partial charge on any atom is 0.295 e. The Hall–Kier alpha value is -0.910. The number of hydrogen-bond acceptors (Lipinski definition) is 2. The van der Waals surface area contributed by atoms with Crippen molar-refractivity contribution < 1.29 is 17.5 Å². The fourth-order valence-corrected chi connectivity index (χ4v) is 9.93. The predicted octanol–water partition coefficient (Wildman–Crippen LogP) is 17.5. The Morgan fingerprint density at radius 1 is 0.368 bits per heavy atom. The van der Waals surface area contributed by atoms with Gasteiger partial charge in [0, 0.05) is 5.56 Å². The molecule has 57 heavy (non-hydrogen) atoms. The van der Waals surface area contributed by atoms with Crippen LogP contribution in [-0.4, -0.2) is 37.1 Å². The molecule has 0 aliphatic heterocycles. The monoisotopic (exact) mass is 819 g/mol. The summed E-state index contributed by atoms with van der Waals surface area (Å²) in [6.45, 7) is 11.0. The highest BCUT2D eigenvalue weighted by atomic mass is 32.2. The standard InChI is InChI=1S/C52H99NO3S/c1-4-7-10-13-16-19-22-25-28-31-34-37-42-47-53(50-51-45-40-41-46-52(51)57(54,55)56,48-43-38-35-32-29-26-23-20-17-14-11-8-5-2)49-44-39-36-33-30-27-24-21-18-15-12-9-6-3/h40-41,45-46H,4-39,42-44,47-50H2,1-3H3/p+1. The average molecular weight is 819 g/mol. The molecule has 0 radical (unpaired) electrons. The van der Waals surface area contributed by atoms with Gasteiger partial charge in [0.25, 0.3) is 10.1 Å². The lowest BCUT2D eigenvalue weighted by molar-refractivity contribution is -0.941. The Morgan fingerprint density at radius 3 is 0.842 bits per heavy atom. The van der Waals surface area contributed by atoms with E-state index < -0.39 is 10.1 Å². The summed E-state index contributed by atoms with van der Waals surface area (Å²) in [5.41, 5.74) is 0.805. The van der Waals surface area contributed by atoms with Crippen molar-refractivity contribution in [1.29, 1.82) is 0 Å². The summed E-state index contributed by atoms with van der Waals surface area (Å²) < 4.78 is 36.3. The van der Waals surface area contributed by atoms with Crippen molar-refractivity contribution in [3.63, 3.8) is 0 Å². The van der Waals surface area contributed by atoms with Crippen molar-refractivity contribution in [2.45, 2.75) is 283 Å². The van der Waals surface area contributed by atoms with Crippen LogP contribution in [0, 0.1) is 0 Å². The van der Waals surface area contributed by atoms with Gasteiger partial charge < -0.3 is 4.48 Å². The highest BCUT2D eigenvalue weighted by Gasteiger charge is 2.29. The minimum Gasteiger partial charge on any atom is -0.320 e. The van der Waals surface area contributed by atoms with Crippen LogP contribution in [0.25, 0.3) is 0 Å². The largest absolute Gasteiger partial charge is 0.320 e. The number of nitrogens with zero attached hydrogens (tertiary/aromatic N) is 1. The molecule has 5 heteroatoms. The van der Waals surface area contributed by atoms with E-state index in [9.17, 15) is 13.0 Å². The Kier molecular flexibility index (Phi) is 37.2. The summed E-state index contributed by atoms with van der Waals surface area (Å²) in [6, 6.07) is 7.29. The summed E-state index contributed by atoms with van der Waals surface area (Å²) in [4.78, 5) is 0.119. The van der Waals surface area contributed by atoms with Gasteiger partial charge in [-0.3, -0.25) is 4.55 Å². The lowest BCUT2D eigenvalue weighted by Crippen LogP contribution is -2.49. The van der Waals surface area contributed by atoms with Crippen molar-refractivity contribution in [1.82, 2.24) is 0 Å². The van der Waals surface area contributed by atoms with Gasteiger partial charge in [-0.05, 0) is 44.6 Å². The quantitative estimate of drug-likeness (QED) is 0.0405.